The van der Waals surface area contributed by atoms with Crippen LogP contribution in [0.2, 0.25) is 0 Å². The van der Waals surface area contributed by atoms with Crippen LogP contribution in [0.4, 0.5) is 0 Å². The lowest BCUT2D eigenvalue weighted by atomic mass is 9.95. The molecule has 3 N–H and O–H groups in total. The summed E-state index contributed by atoms with van der Waals surface area (Å²) in [6.45, 7) is 2.43. The number of hydrogen-bond donors (Lipinski definition) is 2. The van der Waals surface area contributed by atoms with Crippen molar-refractivity contribution in [2.45, 2.75) is 26.0 Å². The molecule has 1 aliphatic heterocycles. The molecule has 2 aromatic carbocycles. The summed E-state index contributed by atoms with van der Waals surface area (Å²) in [6.07, 6.45) is 3.51. The maximum atomic E-state index is 11.5. The Kier molecular flexibility index (Phi) is 6.12. The van der Waals surface area contributed by atoms with Crippen LogP contribution in [-0.2, 0) is 17.9 Å². The maximum absolute atomic E-state index is 11.5. The summed E-state index contributed by atoms with van der Waals surface area (Å²) in [7, 11) is 0. The summed E-state index contributed by atoms with van der Waals surface area (Å²) in [5.74, 6) is 0.319. The van der Waals surface area contributed by atoms with E-state index in [0.29, 0.717) is 11.5 Å². The van der Waals surface area contributed by atoms with Gasteiger partial charge in [-0.25, -0.2) is 4.98 Å². The topological polar surface area (TPSA) is 110 Å². The zero-order valence-corrected chi connectivity index (χ0v) is 20.4. The van der Waals surface area contributed by atoms with Gasteiger partial charge < -0.3 is 10.8 Å². The van der Waals surface area contributed by atoms with Gasteiger partial charge in [0.25, 0.3) is 0 Å². The molecule has 8 heteroatoms. The molecule has 8 nitrogen and oxygen atoms in total. The molecule has 1 fully saturated rings. The number of piperidine rings is 1. The Morgan fingerprint density at radius 2 is 1.73 bits per heavy atom. The molecule has 0 atom stereocenters. The van der Waals surface area contributed by atoms with E-state index in [4.69, 9.17) is 10.7 Å². The first-order valence-corrected chi connectivity index (χ1v) is 12.6. The van der Waals surface area contributed by atoms with Crippen LogP contribution >= 0.6 is 0 Å². The molecule has 0 radical (unpaired) electrons. The number of carbonyl (C=O) groups excluding carboxylic acids is 1. The van der Waals surface area contributed by atoms with Gasteiger partial charge in [-0.1, -0.05) is 54.6 Å². The van der Waals surface area contributed by atoms with Gasteiger partial charge in [0.15, 0.2) is 11.5 Å². The quantitative estimate of drug-likeness (QED) is 0.373. The summed E-state index contributed by atoms with van der Waals surface area (Å²) in [4.78, 5) is 18.9. The highest BCUT2D eigenvalue weighted by Gasteiger charge is 2.23. The summed E-state index contributed by atoms with van der Waals surface area (Å²) in [5, 5.41) is 18.9. The van der Waals surface area contributed by atoms with Gasteiger partial charge in [-0.05, 0) is 49.2 Å². The van der Waals surface area contributed by atoms with Gasteiger partial charge in [-0.15, -0.1) is 10.2 Å². The van der Waals surface area contributed by atoms with Crippen molar-refractivity contribution in [1.82, 2.24) is 24.5 Å². The minimum absolute atomic E-state index is 0.00299. The van der Waals surface area contributed by atoms with Crippen LogP contribution in [0, 0.1) is 5.92 Å². The Bertz CT molecular complexity index is 1570. The lowest BCUT2D eigenvalue weighted by molar-refractivity contribution is -0.123. The zero-order valence-electron chi connectivity index (χ0n) is 20.4. The lowest BCUT2D eigenvalue weighted by Crippen LogP contribution is -2.38. The van der Waals surface area contributed by atoms with E-state index < -0.39 is 0 Å². The van der Waals surface area contributed by atoms with Crippen molar-refractivity contribution in [1.29, 1.82) is 0 Å². The van der Waals surface area contributed by atoms with Crippen molar-refractivity contribution in [2.75, 3.05) is 13.1 Å². The van der Waals surface area contributed by atoms with Crippen LogP contribution in [-0.4, -0.2) is 48.6 Å². The number of aliphatic hydroxyl groups excluding tert-OH is 1. The fourth-order valence-electron chi connectivity index (χ4n) is 5.21. The molecule has 1 saturated heterocycles. The number of primary amides is 1. The van der Waals surface area contributed by atoms with Crippen LogP contribution in [0.5, 0.6) is 0 Å². The van der Waals surface area contributed by atoms with E-state index in [0.717, 1.165) is 65.8 Å². The molecule has 186 valence electrons. The first-order valence-electron chi connectivity index (χ1n) is 12.6. The van der Waals surface area contributed by atoms with Crippen molar-refractivity contribution in [3.05, 3.63) is 84.3 Å². The molecule has 0 spiro atoms. The monoisotopic (exact) mass is 492 g/mol. The van der Waals surface area contributed by atoms with E-state index in [-0.39, 0.29) is 18.4 Å². The van der Waals surface area contributed by atoms with Gasteiger partial charge in [0.2, 0.25) is 5.91 Å². The maximum Gasteiger partial charge on any atom is 0.220 e. The van der Waals surface area contributed by atoms with E-state index in [2.05, 4.69) is 57.6 Å². The second-order valence-corrected chi connectivity index (χ2v) is 9.62. The largest absolute Gasteiger partial charge is 0.388 e. The van der Waals surface area contributed by atoms with Crippen molar-refractivity contribution in [2.24, 2.45) is 11.7 Å². The van der Waals surface area contributed by atoms with Gasteiger partial charge in [-0.2, -0.15) is 0 Å². The number of benzene rings is 2. The molecule has 0 unspecified atom stereocenters. The third-order valence-corrected chi connectivity index (χ3v) is 7.29. The van der Waals surface area contributed by atoms with Crippen molar-refractivity contribution in [3.8, 4) is 22.4 Å². The highest BCUT2D eigenvalue weighted by atomic mass is 16.3. The number of carbonyl (C=O) groups is 1. The highest BCUT2D eigenvalue weighted by molar-refractivity contribution is 5.98. The summed E-state index contributed by atoms with van der Waals surface area (Å²) < 4.78 is 1.81. The number of amides is 1. The molecule has 0 bridgehead atoms. The second-order valence-electron chi connectivity index (χ2n) is 9.62. The molecule has 4 heterocycles. The number of nitrogens with two attached hydrogens (primary N) is 1. The predicted octanol–water partition coefficient (Wildman–Crippen LogP) is 3.80. The number of aliphatic hydroxyl groups is 1. The fourth-order valence-corrected chi connectivity index (χ4v) is 5.21. The number of nitrogens with zero attached hydrogens (tertiary/aromatic N) is 5. The van der Waals surface area contributed by atoms with Crippen molar-refractivity contribution in [3.63, 3.8) is 0 Å². The van der Waals surface area contributed by atoms with Gasteiger partial charge in [0.05, 0.1) is 11.2 Å². The molecular weight excluding hydrogens is 464 g/mol. The number of likely N-dealkylation sites (tertiary alicyclic amines) is 1. The van der Waals surface area contributed by atoms with E-state index in [1.165, 1.54) is 5.56 Å². The molecule has 0 saturated carbocycles. The lowest BCUT2D eigenvalue weighted by Gasteiger charge is -2.30. The van der Waals surface area contributed by atoms with Gasteiger partial charge >= 0.3 is 0 Å². The standard InChI is InChI=1S/C29H28N6O2/c30-28(37)22-10-13-34(14-11-22)17-19-6-8-21(9-7-19)27-23(20-4-2-1-3-5-20)16-24-25(31-27)12-15-35-26(18-36)32-33-29(24)35/h1-9,12,15-16,22,36H,10-11,13-14,17-18H2,(H2,30,37). The fraction of sp³-hybridized carbons (Fsp3) is 0.241. The first kappa shape index (κ1) is 23.3. The van der Waals surface area contributed by atoms with Crippen LogP contribution in [0.15, 0.2) is 72.9 Å². The minimum atomic E-state index is -0.181. The number of aromatic nitrogens is 4. The number of hydrogen-bond acceptors (Lipinski definition) is 6. The van der Waals surface area contributed by atoms with Crippen LogP contribution in [0.3, 0.4) is 0 Å². The molecular formula is C29H28N6O2. The Labute approximate surface area is 214 Å². The van der Waals surface area contributed by atoms with E-state index in [1.54, 1.807) is 4.40 Å². The Morgan fingerprint density at radius 1 is 0.973 bits per heavy atom. The number of rotatable bonds is 6. The average molecular weight is 493 g/mol. The second kappa shape index (κ2) is 9.72. The number of fused-ring (bicyclic) bond motifs is 3. The predicted molar refractivity (Wildman–Crippen MR) is 142 cm³/mol. The Balaban J connectivity index is 1.36. The molecule has 0 aliphatic carbocycles. The van der Waals surface area contributed by atoms with E-state index in [1.807, 2.05) is 30.5 Å². The minimum Gasteiger partial charge on any atom is -0.388 e. The van der Waals surface area contributed by atoms with E-state index >= 15 is 0 Å². The van der Waals surface area contributed by atoms with Gasteiger partial charge in [0, 0.05) is 35.2 Å². The van der Waals surface area contributed by atoms with E-state index in [9.17, 15) is 9.90 Å². The van der Waals surface area contributed by atoms with Crippen LogP contribution in [0.1, 0.15) is 24.2 Å². The van der Waals surface area contributed by atoms with Crippen LogP contribution in [0.25, 0.3) is 38.9 Å². The Morgan fingerprint density at radius 3 is 2.43 bits per heavy atom. The van der Waals surface area contributed by atoms with Gasteiger partial charge in [-0.3, -0.25) is 14.1 Å². The summed E-state index contributed by atoms with van der Waals surface area (Å²) in [6, 6.07) is 22.8. The average Bonchev–Trinajstić information content (AvgIpc) is 3.37. The van der Waals surface area contributed by atoms with Crippen LogP contribution < -0.4 is 5.73 Å². The summed E-state index contributed by atoms with van der Waals surface area (Å²) >= 11 is 0. The molecule has 1 amide bonds. The molecule has 5 aromatic rings. The number of pyridine rings is 2. The molecule has 6 rings (SSSR count). The third kappa shape index (κ3) is 4.45. The molecule has 37 heavy (non-hydrogen) atoms. The highest BCUT2D eigenvalue weighted by Crippen LogP contribution is 2.34. The smallest absolute Gasteiger partial charge is 0.220 e. The van der Waals surface area contributed by atoms with Crippen molar-refractivity contribution < 1.29 is 9.90 Å². The SMILES string of the molecule is NC(=O)C1CCN(Cc2ccc(-c3nc4ccn5c(CO)nnc5c4cc3-c3ccccc3)cc2)CC1. The van der Waals surface area contributed by atoms with Gasteiger partial charge in [0.1, 0.15) is 6.61 Å². The first-order chi connectivity index (χ1) is 18.1. The Hall–Kier alpha value is -4.14. The van der Waals surface area contributed by atoms with Crippen molar-refractivity contribution >= 4 is 22.5 Å². The zero-order chi connectivity index (χ0) is 25.4. The third-order valence-electron chi connectivity index (χ3n) is 7.29. The molecule has 3 aromatic heterocycles. The normalized spacial score (nSPS) is 14.9. The molecule has 1 aliphatic rings. The summed E-state index contributed by atoms with van der Waals surface area (Å²) in [5.41, 5.74) is 12.2.